The van der Waals surface area contributed by atoms with Crippen LogP contribution >= 0.6 is 0 Å². The summed E-state index contributed by atoms with van der Waals surface area (Å²) in [6.45, 7) is 4.92. The van der Waals surface area contributed by atoms with Crippen molar-refractivity contribution in [1.82, 2.24) is 10.2 Å². The maximum absolute atomic E-state index is 13.2. The highest BCUT2D eigenvalue weighted by molar-refractivity contribution is 7.87. The normalized spacial score (nSPS) is 14.6. The molecule has 2 aromatic rings. The minimum atomic E-state index is -4.20. The maximum Gasteiger partial charge on any atom is 0.339 e. The van der Waals surface area contributed by atoms with Gasteiger partial charge >= 0.3 is 16.1 Å². The number of halogens is 1. The van der Waals surface area contributed by atoms with Crippen molar-refractivity contribution in [2.24, 2.45) is 5.92 Å². The van der Waals surface area contributed by atoms with Gasteiger partial charge in [-0.15, -0.1) is 0 Å². The van der Waals surface area contributed by atoms with Gasteiger partial charge in [0.2, 0.25) is 0 Å². The molecule has 1 fully saturated rings. The van der Waals surface area contributed by atoms with E-state index in [1.807, 2.05) is 13.8 Å². The summed E-state index contributed by atoms with van der Waals surface area (Å²) in [6, 6.07) is 9.39. The van der Waals surface area contributed by atoms with Gasteiger partial charge in [-0.2, -0.15) is 8.42 Å². The number of carbonyl (C=O) groups excluding carboxylic acids is 1. The molecule has 0 bridgehead atoms. The molecule has 186 valence electrons. The summed E-state index contributed by atoms with van der Waals surface area (Å²) in [4.78, 5) is 14.6. The van der Waals surface area contributed by atoms with E-state index < -0.39 is 15.9 Å². The van der Waals surface area contributed by atoms with Crippen LogP contribution in [0.3, 0.4) is 0 Å². The lowest BCUT2D eigenvalue weighted by molar-refractivity contribution is 0.180. The zero-order valence-corrected chi connectivity index (χ0v) is 20.7. The Morgan fingerprint density at radius 3 is 2.38 bits per heavy atom. The van der Waals surface area contributed by atoms with Crippen LogP contribution in [0.4, 0.5) is 9.18 Å². The fourth-order valence-corrected chi connectivity index (χ4v) is 4.98. The fourth-order valence-electron chi connectivity index (χ4n) is 4.05. The van der Waals surface area contributed by atoms with E-state index in [9.17, 15) is 17.6 Å². The third kappa shape index (κ3) is 7.09. The topological polar surface area (TPSA) is 84.9 Å². The summed E-state index contributed by atoms with van der Waals surface area (Å²) in [5.74, 6) is -0.0572. The van der Waals surface area contributed by atoms with Gasteiger partial charge in [0, 0.05) is 19.1 Å². The molecule has 2 amide bonds. The Labute approximate surface area is 201 Å². The lowest BCUT2D eigenvalue weighted by atomic mass is 9.96. The minimum absolute atomic E-state index is 0.00140. The van der Waals surface area contributed by atoms with E-state index in [0.29, 0.717) is 12.1 Å². The number of rotatable bonds is 9. The van der Waals surface area contributed by atoms with Crippen LogP contribution in [0.2, 0.25) is 0 Å². The van der Waals surface area contributed by atoms with Gasteiger partial charge < -0.3 is 19.1 Å². The minimum Gasteiger partial charge on any atom is -0.493 e. The second-order valence-electron chi connectivity index (χ2n) is 9.04. The number of ether oxygens (including phenoxy) is 1. The maximum atomic E-state index is 13.2. The van der Waals surface area contributed by atoms with Crippen LogP contribution in [0.25, 0.3) is 0 Å². The number of methoxy groups -OCH3 is 1. The molecular formula is C25H33FN2O5S. The first-order valence-electron chi connectivity index (χ1n) is 11.6. The van der Waals surface area contributed by atoms with Crippen molar-refractivity contribution in [1.29, 1.82) is 0 Å². The number of nitrogens with zero attached hydrogens (tertiary/aromatic N) is 1. The highest BCUT2D eigenvalue weighted by atomic mass is 32.2. The Balaban J connectivity index is 1.80. The molecule has 1 aliphatic rings. The lowest BCUT2D eigenvalue weighted by Gasteiger charge is -2.29. The van der Waals surface area contributed by atoms with Crippen molar-refractivity contribution in [3.63, 3.8) is 0 Å². The SMILES string of the molecule is COc1ccc(CN(CC(C)C)C(=O)NC2CCCCC2)cc1OS(=O)(=O)c1ccc(F)cc1. The third-order valence-corrected chi connectivity index (χ3v) is 6.96. The van der Waals surface area contributed by atoms with E-state index in [2.05, 4.69) is 5.32 Å². The molecule has 3 rings (SSSR count). The summed E-state index contributed by atoms with van der Waals surface area (Å²) >= 11 is 0. The molecule has 34 heavy (non-hydrogen) atoms. The molecule has 0 saturated heterocycles. The lowest BCUT2D eigenvalue weighted by Crippen LogP contribution is -2.46. The molecule has 2 aromatic carbocycles. The number of carbonyl (C=O) groups is 1. The van der Waals surface area contributed by atoms with Crippen molar-refractivity contribution in [3.05, 3.63) is 53.8 Å². The molecule has 7 nitrogen and oxygen atoms in total. The van der Waals surface area contributed by atoms with Gasteiger partial charge in [-0.3, -0.25) is 0 Å². The number of benzene rings is 2. The summed E-state index contributed by atoms with van der Waals surface area (Å²) in [5.41, 5.74) is 0.699. The van der Waals surface area contributed by atoms with Gasteiger partial charge in [0.1, 0.15) is 10.7 Å². The number of amides is 2. The predicted octanol–water partition coefficient (Wildman–Crippen LogP) is 5.10. The van der Waals surface area contributed by atoms with Crippen LogP contribution in [0.1, 0.15) is 51.5 Å². The quantitative estimate of drug-likeness (QED) is 0.492. The highest BCUT2D eigenvalue weighted by Gasteiger charge is 2.23. The van der Waals surface area contributed by atoms with Gasteiger partial charge in [0.15, 0.2) is 11.5 Å². The molecule has 0 aromatic heterocycles. The molecule has 0 radical (unpaired) electrons. The molecular weight excluding hydrogens is 459 g/mol. The molecule has 0 atom stereocenters. The predicted molar refractivity (Wildman–Crippen MR) is 128 cm³/mol. The van der Waals surface area contributed by atoms with Crippen molar-refractivity contribution < 1.29 is 26.5 Å². The number of hydrogen-bond acceptors (Lipinski definition) is 5. The second-order valence-corrected chi connectivity index (χ2v) is 10.6. The van der Waals surface area contributed by atoms with Crippen molar-refractivity contribution in [2.45, 2.75) is 63.4 Å². The van der Waals surface area contributed by atoms with Crippen LogP contribution in [0, 0.1) is 11.7 Å². The Morgan fingerprint density at radius 2 is 1.76 bits per heavy atom. The Hall–Kier alpha value is -2.81. The van der Waals surface area contributed by atoms with Crippen molar-refractivity contribution in [3.8, 4) is 11.5 Å². The molecule has 1 N–H and O–H groups in total. The average Bonchev–Trinajstić information content (AvgIpc) is 2.79. The second kappa shape index (κ2) is 11.6. The Bertz CT molecular complexity index is 1070. The first-order valence-corrected chi connectivity index (χ1v) is 13.0. The van der Waals surface area contributed by atoms with E-state index in [1.165, 1.54) is 13.5 Å². The van der Waals surface area contributed by atoms with E-state index in [1.54, 1.807) is 23.1 Å². The first kappa shape index (κ1) is 25.8. The van der Waals surface area contributed by atoms with Crippen LogP contribution in [-0.2, 0) is 16.7 Å². The molecule has 1 aliphatic carbocycles. The van der Waals surface area contributed by atoms with Crippen LogP contribution in [0.15, 0.2) is 47.4 Å². The molecule has 0 aliphatic heterocycles. The van der Waals surface area contributed by atoms with Crippen LogP contribution in [0.5, 0.6) is 11.5 Å². The zero-order valence-electron chi connectivity index (χ0n) is 19.9. The molecule has 0 spiro atoms. The summed E-state index contributed by atoms with van der Waals surface area (Å²) in [6.07, 6.45) is 5.43. The van der Waals surface area contributed by atoms with E-state index >= 15 is 0 Å². The van der Waals surface area contributed by atoms with Crippen LogP contribution in [-0.4, -0.2) is 39.0 Å². The summed E-state index contributed by atoms with van der Waals surface area (Å²) in [7, 11) is -2.79. The largest absolute Gasteiger partial charge is 0.493 e. The van der Waals surface area contributed by atoms with Gasteiger partial charge in [-0.25, -0.2) is 9.18 Å². The number of urea groups is 1. The summed E-state index contributed by atoms with van der Waals surface area (Å²) < 4.78 is 49.3. The number of nitrogens with one attached hydrogen (secondary N) is 1. The first-order chi connectivity index (χ1) is 16.2. The smallest absolute Gasteiger partial charge is 0.339 e. The zero-order chi connectivity index (χ0) is 24.7. The molecule has 0 heterocycles. The van der Waals surface area contributed by atoms with Gasteiger partial charge in [0.25, 0.3) is 0 Å². The number of hydrogen-bond donors (Lipinski definition) is 1. The van der Waals surface area contributed by atoms with E-state index in [4.69, 9.17) is 8.92 Å². The van der Waals surface area contributed by atoms with E-state index in [-0.39, 0.29) is 40.9 Å². The molecule has 1 saturated carbocycles. The van der Waals surface area contributed by atoms with Gasteiger partial charge in [-0.1, -0.05) is 39.2 Å². The standard InChI is InChI=1S/C25H33FN2O5S/c1-18(2)16-28(25(29)27-21-7-5-4-6-8-21)17-19-9-14-23(32-3)24(15-19)33-34(30,31)22-12-10-20(26)11-13-22/h9-15,18,21H,4-8,16-17H2,1-3H3,(H,27,29). The Kier molecular flexibility index (Phi) is 8.77. The third-order valence-electron chi connectivity index (χ3n) is 5.71. The van der Waals surface area contributed by atoms with E-state index in [0.717, 1.165) is 49.9 Å². The van der Waals surface area contributed by atoms with Gasteiger partial charge in [-0.05, 0) is 60.7 Å². The molecule has 0 unspecified atom stereocenters. The van der Waals surface area contributed by atoms with Crippen LogP contribution < -0.4 is 14.2 Å². The Morgan fingerprint density at radius 1 is 1.09 bits per heavy atom. The monoisotopic (exact) mass is 492 g/mol. The fraction of sp³-hybridized carbons (Fsp3) is 0.480. The average molecular weight is 493 g/mol. The van der Waals surface area contributed by atoms with Gasteiger partial charge in [0.05, 0.1) is 7.11 Å². The summed E-state index contributed by atoms with van der Waals surface area (Å²) in [5, 5.41) is 3.15. The highest BCUT2D eigenvalue weighted by Crippen LogP contribution is 2.31. The van der Waals surface area contributed by atoms with Crippen molar-refractivity contribution >= 4 is 16.1 Å². The van der Waals surface area contributed by atoms with Crippen molar-refractivity contribution in [2.75, 3.05) is 13.7 Å². The molecule has 9 heteroatoms.